The fourth-order valence-corrected chi connectivity index (χ4v) is 7.60. The fourth-order valence-electron chi connectivity index (χ4n) is 6.29. The molecule has 6 nitrogen and oxygen atoms in total. The van der Waals surface area contributed by atoms with E-state index in [9.17, 15) is 14.7 Å². The SMILES string of the molecule is COc1cc(/C=C(\C)CC[C@H]2OC[C@H]3C2=C(C(C)C)C[C@H]2C(=O)N(Cc4cccs4)C(=O)[C@H]23)cc(I)c1O. The number of imide groups is 1. The third-order valence-electron chi connectivity index (χ3n) is 8.11. The molecule has 2 aliphatic heterocycles. The molecule has 1 N–H and O–H groups in total. The van der Waals surface area contributed by atoms with Crippen molar-refractivity contribution in [2.45, 2.75) is 52.7 Å². The van der Waals surface area contributed by atoms with Crippen molar-refractivity contribution >= 4 is 51.8 Å². The van der Waals surface area contributed by atoms with E-state index in [-0.39, 0.29) is 41.4 Å². The van der Waals surface area contributed by atoms with Crippen LogP contribution in [0.4, 0.5) is 0 Å². The van der Waals surface area contributed by atoms with Gasteiger partial charge in [-0.25, -0.2) is 0 Å². The summed E-state index contributed by atoms with van der Waals surface area (Å²) in [5, 5.41) is 12.1. The largest absolute Gasteiger partial charge is 0.504 e. The Morgan fingerprint density at radius 2 is 2.08 bits per heavy atom. The Balaban J connectivity index is 1.34. The number of ether oxygens (including phenoxy) is 2. The van der Waals surface area contributed by atoms with Crippen molar-refractivity contribution in [3.63, 3.8) is 0 Å². The molecular weight excluding hydrogens is 613 g/mol. The van der Waals surface area contributed by atoms with Crippen LogP contribution in [0.1, 0.15) is 50.5 Å². The molecule has 4 atom stereocenters. The van der Waals surface area contributed by atoms with Crippen molar-refractivity contribution in [1.82, 2.24) is 4.90 Å². The van der Waals surface area contributed by atoms with Gasteiger partial charge in [0.1, 0.15) is 0 Å². The number of hydrogen-bond acceptors (Lipinski definition) is 6. The molecule has 0 spiro atoms. The molecule has 0 saturated carbocycles. The minimum atomic E-state index is -0.312. The number of benzene rings is 1. The van der Waals surface area contributed by atoms with Crippen molar-refractivity contribution in [2.75, 3.05) is 13.7 Å². The van der Waals surface area contributed by atoms with Gasteiger partial charge in [0.15, 0.2) is 11.5 Å². The number of phenols is 1. The van der Waals surface area contributed by atoms with Gasteiger partial charge in [0.05, 0.1) is 41.8 Å². The van der Waals surface area contributed by atoms with Crippen molar-refractivity contribution in [3.8, 4) is 11.5 Å². The summed E-state index contributed by atoms with van der Waals surface area (Å²) < 4.78 is 12.4. The lowest BCUT2D eigenvalue weighted by Gasteiger charge is -2.33. The number of amides is 2. The molecule has 0 unspecified atom stereocenters. The van der Waals surface area contributed by atoms with Gasteiger partial charge in [-0.15, -0.1) is 11.3 Å². The van der Waals surface area contributed by atoms with Crippen molar-refractivity contribution in [3.05, 3.63) is 60.4 Å². The summed E-state index contributed by atoms with van der Waals surface area (Å²) in [7, 11) is 1.55. The second-order valence-corrected chi connectivity index (χ2v) is 13.0. The number of carbonyl (C=O) groups is 2. The highest BCUT2D eigenvalue weighted by molar-refractivity contribution is 14.1. The van der Waals surface area contributed by atoms with E-state index in [4.69, 9.17) is 9.47 Å². The molecule has 2 aromatic rings. The van der Waals surface area contributed by atoms with Crippen LogP contribution in [0.3, 0.4) is 0 Å². The van der Waals surface area contributed by atoms with E-state index in [2.05, 4.69) is 49.4 Å². The van der Waals surface area contributed by atoms with Crippen molar-refractivity contribution in [1.29, 1.82) is 0 Å². The molecule has 8 heteroatoms. The summed E-state index contributed by atoms with van der Waals surface area (Å²) in [6.07, 6.45) is 4.41. The lowest BCUT2D eigenvalue weighted by molar-refractivity contribution is -0.140. The number of hydrogen-bond donors (Lipinski definition) is 1. The van der Waals surface area contributed by atoms with Crippen LogP contribution in [0.5, 0.6) is 11.5 Å². The normalized spacial score (nSPS) is 25.4. The molecule has 3 aliphatic rings. The average molecular weight is 648 g/mol. The van der Waals surface area contributed by atoms with Gasteiger partial charge in [0.2, 0.25) is 11.8 Å². The van der Waals surface area contributed by atoms with Crippen LogP contribution in [-0.2, 0) is 20.9 Å². The fraction of sp³-hybridized carbons (Fsp3) is 0.467. The molecule has 3 heterocycles. The number of rotatable bonds is 8. The van der Waals surface area contributed by atoms with Crippen LogP contribution in [0.25, 0.3) is 6.08 Å². The number of carbonyl (C=O) groups excluding carboxylic acids is 2. The molecule has 2 fully saturated rings. The number of phenolic OH excluding ortho intramolecular Hbond substituents is 1. The molecule has 1 aromatic carbocycles. The Morgan fingerprint density at radius 3 is 2.76 bits per heavy atom. The van der Waals surface area contributed by atoms with Crippen molar-refractivity contribution in [2.24, 2.45) is 23.7 Å². The maximum Gasteiger partial charge on any atom is 0.234 e. The Hall–Kier alpha value is -2.17. The first-order valence-corrected chi connectivity index (χ1v) is 15.1. The summed E-state index contributed by atoms with van der Waals surface area (Å²) >= 11 is 3.69. The van der Waals surface area contributed by atoms with E-state index < -0.39 is 0 Å². The number of methoxy groups -OCH3 is 1. The van der Waals surface area contributed by atoms with Gasteiger partial charge in [-0.05, 0) is 89.4 Å². The number of allylic oxidation sites excluding steroid dienone is 2. The van der Waals surface area contributed by atoms with E-state index in [0.717, 1.165) is 26.9 Å². The minimum absolute atomic E-state index is 0.0202. The first kappa shape index (κ1) is 27.4. The second kappa shape index (κ2) is 11.1. The number of likely N-dealkylation sites (tertiary alicyclic amines) is 1. The van der Waals surface area contributed by atoms with Gasteiger partial charge < -0.3 is 14.6 Å². The quantitative estimate of drug-likeness (QED) is 0.203. The molecule has 2 saturated heterocycles. The van der Waals surface area contributed by atoms with Crippen LogP contribution < -0.4 is 4.74 Å². The monoisotopic (exact) mass is 647 g/mol. The average Bonchev–Trinajstić information content (AvgIpc) is 3.60. The van der Waals surface area contributed by atoms with Gasteiger partial charge >= 0.3 is 0 Å². The van der Waals surface area contributed by atoms with Crippen LogP contribution in [0.15, 0.2) is 46.4 Å². The summed E-state index contributed by atoms with van der Waals surface area (Å²) in [6.45, 7) is 7.35. The smallest absolute Gasteiger partial charge is 0.234 e. The highest BCUT2D eigenvalue weighted by atomic mass is 127. The Morgan fingerprint density at radius 1 is 1.29 bits per heavy atom. The van der Waals surface area contributed by atoms with E-state index in [0.29, 0.717) is 31.2 Å². The van der Waals surface area contributed by atoms with Crippen LogP contribution in [0.2, 0.25) is 0 Å². The number of fused-ring (bicyclic) bond motifs is 3. The molecule has 1 aliphatic carbocycles. The van der Waals surface area contributed by atoms with E-state index in [1.807, 2.05) is 29.6 Å². The second-order valence-electron chi connectivity index (χ2n) is 10.8. The summed E-state index contributed by atoms with van der Waals surface area (Å²) in [6, 6.07) is 7.72. The van der Waals surface area contributed by atoms with Crippen molar-refractivity contribution < 1.29 is 24.2 Å². The van der Waals surface area contributed by atoms with Crippen LogP contribution in [-0.4, -0.2) is 41.6 Å². The molecule has 2 amide bonds. The zero-order valence-corrected chi connectivity index (χ0v) is 25.2. The molecular formula is C30H34INO5S. The van der Waals surface area contributed by atoms with E-state index in [1.54, 1.807) is 18.4 Å². The molecule has 202 valence electrons. The zero-order chi connectivity index (χ0) is 27.1. The maximum absolute atomic E-state index is 13.6. The lowest BCUT2D eigenvalue weighted by Crippen LogP contribution is -2.35. The highest BCUT2D eigenvalue weighted by Crippen LogP contribution is 2.51. The van der Waals surface area contributed by atoms with Gasteiger partial charge in [0, 0.05) is 10.8 Å². The predicted molar refractivity (Wildman–Crippen MR) is 157 cm³/mol. The Bertz CT molecular complexity index is 1300. The van der Waals surface area contributed by atoms with E-state index >= 15 is 0 Å². The molecule has 38 heavy (non-hydrogen) atoms. The van der Waals surface area contributed by atoms with Gasteiger partial charge in [-0.1, -0.05) is 37.1 Å². The first-order valence-electron chi connectivity index (χ1n) is 13.1. The standard InChI is InChI=1S/C30H34INO5S/c1-16(2)20-13-21-27(30(35)32(29(21)34)14-19-6-5-9-38-19)22-15-37-24(26(20)22)8-7-17(3)10-18-11-23(31)28(33)25(12-18)36-4/h5-6,9-12,16,21-22,24,27,33H,7-8,13-15H2,1-4H3/b17-10+/t21-,22+,24-,27-/m1/s1. The van der Waals surface area contributed by atoms with Gasteiger partial charge in [-0.2, -0.15) is 0 Å². The molecule has 5 rings (SSSR count). The number of nitrogens with zero attached hydrogens (tertiary/aromatic N) is 1. The summed E-state index contributed by atoms with van der Waals surface area (Å²) in [5.41, 5.74) is 4.76. The maximum atomic E-state index is 13.6. The first-order chi connectivity index (χ1) is 18.2. The topological polar surface area (TPSA) is 76.1 Å². The molecule has 0 radical (unpaired) electrons. The van der Waals surface area contributed by atoms with E-state index in [1.165, 1.54) is 21.6 Å². The predicted octanol–water partition coefficient (Wildman–Crippen LogP) is 6.42. The summed E-state index contributed by atoms with van der Waals surface area (Å²) in [4.78, 5) is 29.5. The van der Waals surface area contributed by atoms with Crippen LogP contribution in [0, 0.1) is 27.2 Å². The Kier molecular flexibility index (Phi) is 8.03. The highest BCUT2D eigenvalue weighted by Gasteiger charge is 2.57. The van der Waals surface area contributed by atoms with Crippen LogP contribution >= 0.6 is 33.9 Å². The number of halogens is 1. The Labute approximate surface area is 241 Å². The molecule has 0 bridgehead atoms. The third kappa shape index (κ3) is 5.07. The molecule has 1 aromatic heterocycles. The van der Waals surface area contributed by atoms with Gasteiger partial charge in [-0.3, -0.25) is 14.5 Å². The lowest BCUT2D eigenvalue weighted by atomic mass is 9.67. The zero-order valence-electron chi connectivity index (χ0n) is 22.2. The number of thiophene rings is 1. The third-order valence-corrected chi connectivity index (χ3v) is 9.79. The van der Waals surface area contributed by atoms with Gasteiger partial charge in [0.25, 0.3) is 0 Å². The summed E-state index contributed by atoms with van der Waals surface area (Å²) in [5.74, 6) is 0.263. The minimum Gasteiger partial charge on any atom is -0.504 e. The number of aromatic hydroxyl groups is 1.